The Kier molecular flexibility index (Phi) is 4.83. The molecule has 0 saturated heterocycles. The average Bonchev–Trinajstić information content (AvgIpc) is 2.49. The molecule has 0 spiro atoms. The molecule has 19 heavy (non-hydrogen) atoms. The first-order valence-electron chi connectivity index (χ1n) is 6.18. The molecule has 0 amide bonds. The Balaban J connectivity index is 1.96. The fourth-order valence-corrected chi connectivity index (χ4v) is 1.93. The molecule has 0 aliphatic rings. The molecule has 0 aliphatic heterocycles. The third kappa shape index (κ3) is 3.74. The van der Waals surface area contributed by atoms with Crippen LogP contribution in [0.25, 0.3) is 0 Å². The van der Waals surface area contributed by atoms with Crippen molar-refractivity contribution in [1.29, 1.82) is 0 Å². The fourth-order valence-electron chi connectivity index (χ4n) is 1.93. The molecule has 2 rings (SSSR count). The summed E-state index contributed by atoms with van der Waals surface area (Å²) in [6.45, 7) is 0. The first-order valence-corrected chi connectivity index (χ1v) is 6.18. The number of hydrogen-bond acceptors (Lipinski definition) is 5. The van der Waals surface area contributed by atoms with Crippen LogP contribution in [-0.2, 0) is 6.42 Å². The van der Waals surface area contributed by atoms with E-state index in [0.717, 1.165) is 24.3 Å². The predicted molar refractivity (Wildman–Crippen MR) is 73.4 cm³/mol. The summed E-state index contributed by atoms with van der Waals surface area (Å²) in [5, 5.41) is 0. The molecule has 1 heterocycles. The second kappa shape index (κ2) is 6.82. The molecule has 100 valence electrons. The molecule has 1 aromatic heterocycles. The van der Waals surface area contributed by atoms with Gasteiger partial charge < -0.3 is 4.74 Å². The Labute approximate surface area is 112 Å². The number of hydrogen-bond donors (Lipinski definition) is 2. The molecule has 0 fully saturated rings. The van der Waals surface area contributed by atoms with E-state index >= 15 is 0 Å². The molecule has 5 heteroatoms. The molecular weight excluding hydrogens is 240 g/mol. The Morgan fingerprint density at radius 1 is 1.26 bits per heavy atom. The number of rotatable bonds is 6. The maximum absolute atomic E-state index is 5.58. The minimum Gasteiger partial charge on any atom is -0.497 e. The van der Waals surface area contributed by atoms with Crippen molar-refractivity contribution in [3.63, 3.8) is 0 Å². The smallest absolute Gasteiger partial charge is 0.118 e. The van der Waals surface area contributed by atoms with Gasteiger partial charge in [-0.2, -0.15) is 0 Å². The maximum Gasteiger partial charge on any atom is 0.118 e. The molecule has 1 atom stereocenters. The van der Waals surface area contributed by atoms with Crippen molar-refractivity contribution in [2.75, 3.05) is 7.11 Å². The Bertz CT molecular complexity index is 487. The van der Waals surface area contributed by atoms with Crippen LogP contribution in [0.5, 0.6) is 5.75 Å². The number of nitrogens with zero attached hydrogens (tertiary/aromatic N) is 2. The molecule has 5 nitrogen and oxygen atoms in total. The summed E-state index contributed by atoms with van der Waals surface area (Å²) in [7, 11) is 1.67. The zero-order valence-electron chi connectivity index (χ0n) is 10.9. The summed E-state index contributed by atoms with van der Waals surface area (Å²) < 4.78 is 5.14. The molecule has 0 radical (unpaired) electrons. The summed E-state index contributed by atoms with van der Waals surface area (Å²) in [5.74, 6) is 6.45. The van der Waals surface area contributed by atoms with Crippen LogP contribution in [-0.4, -0.2) is 17.1 Å². The molecule has 0 bridgehead atoms. The van der Waals surface area contributed by atoms with Gasteiger partial charge in [0.1, 0.15) is 12.1 Å². The van der Waals surface area contributed by atoms with Crippen LogP contribution in [0.1, 0.15) is 23.7 Å². The number of hydrazine groups is 1. The molecule has 0 aliphatic carbocycles. The average molecular weight is 258 g/mol. The highest BCUT2D eigenvalue weighted by Gasteiger charge is 2.10. The van der Waals surface area contributed by atoms with Crippen LogP contribution in [0.4, 0.5) is 0 Å². The number of nitrogens with two attached hydrogens (primary N) is 1. The van der Waals surface area contributed by atoms with Gasteiger partial charge in [-0.25, -0.2) is 9.97 Å². The van der Waals surface area contributed by atoms with E-state index in [1.54, 1.807) is 13.3 Å². The van der Waals surface area contributed by atoms with Gasteiger partial charge in [0.05, 0.1) is 18.8 Å². The molecule has 3 N–H and O–H groups in total. The fraction of sp³-hybridized carbons (Fsp3) is 0.286. The van der Waals surface area contributed by atoms with E-state index in [1.165, 1.54) is 11.9 Å². The lowest BCUT2D eigenvalue weighted by Gasteiger charge is -2.14. The highest BCUT2D eigenvalue weighted by atomic mass is 16.5. The summed E-state index contributed by atoms with van der Waals surface area (Å²) >= 11 is 0. The Morgan fingerprint density at radius 2 is 2.05 bits per heavy atom. The van der Waals surface area contributed by atoms with Gasteiger partial charge in [-0.1, -0.05) is 12.1 Å². The van der Waals surface area contributed by atoms with E-state index in [0.29, 0.717) is 0 Å². The first-order chi connectivity index (χ1) is 9.33. The lowest BCUT2D eigenvalue weighted by atomic mass is 10.0. The summed E-state index contributed by atoms with van der Waals surface area (Å²) in [6, 6.07) is 9.96. The first kappa shape index (κ1) is 13.5. The SMILES string of the molecule is COc1ccc(CCC(NN)c2ccncn2)cc1. The topological polar surface area (TPSA) is 73.1 Å². The zero-order chi connectivity index (χ0) is 13.5. The van der Waals surface area contributed by atoms with E-state index in [1.807, 2.05) is 18.2 Å². The minimum absolute atomic E-state index is 0.0325. The van der Waals surface area contributed by atoms with Crippen molar-refractivity contribution < 1.29 is 4.74 Å². The van der Waals surface area contributed by atoms with Crippen LogP contribution < -0.4 is 16.0 Å². The predicted octanol–water partition coefficient (Wildman–Crippen LogP) is 1.62. The molecule has 2 aromatic rings. The number of methoxy groups -OCH3 is 1. The number of ether oxygens (including phenoxy) is 1. The van der Waals surface area contributed by atoms with Crippen molar-refractivity contribution in [3.8, 4) is 5.75 Å². The van der Waals surface area contributed by atoms with E-state index < -0.39 is 0 Å². The monoisotopic (exact) mass is 258 g/mol. The third-order valence-corrected chi connectivity index (χ3v) is 3.04. The number of aromatic nitrogens is 2. The quantitative estimate of drug-likeness (QED) is 0.608. The van der Waals surface area contributed by atoms with Crippen LogP contribution in [0.15, 0.2) is 42.9 Å². The third-order valence-electron chi connectivity index (χ3n) is 3.04. The van der Waals surface area contributed by atoms with Crippen molar-refractivity contribution in [2.24, 2.45) is 5.84 Å². The Hall–Kier alpha value is -1.98. The van der Waals surface area contributed by atoms with E-state index in [-0.39, 0.29) is 6.04 Å². The van der Waals surface area contributed by atoms with Crippen LogP contribution in [0, 0.1) is 0 Å². The van der Waals surface area contributed by atoms with Crippen LogP contribution in [0.2, 0.25) is 0 Å². The van der Waals surface area contributed by atoms with Gasteiger partial charge in [-0.05, 0) is 36.6 Å². The second-order valence-electron chi connectivity index (χ2n) is 4.24. The van der Waals surface area contributed by atoms with Crippen LogP contribution in [0.3, 0.4) is 0 Å². The summed E-state index contributed by atoms with van der Waals surface area (Å²) in [4.78, 5) is 8.12. The van der Waals surface area contributed by atoms with Crippen molar-refractivity contribution in [3.05, 3.63) is 54.1 Å². The van der Waals surface area contributed by atoms with E-state index in [2.05, 4.69) is 27.5 Å². The number of nitrogens with one attached hydrogen (secondary N) is 1. The highest BCUT2D eigenvalue weighted by Crippen LogP contribution is 2.18. The number of aryl methyl sites for hydroxylation is 1. The van der Waals surface area contributed by atoms with Gasteiger partial charge >= 0.3 is 0 Å². The molecular formula is C14H18N4O. The number of benzene rings is 1. The van der Waals surface area contributed by atoms with Gasteiger partial charge in [0, 0.05) is 6.20 Å². The largest absolute Gasteiger partial charge is 0.497 e. The highest BCUT2D eigenvalue weighted by molar-refractivity contribution is 5.27. The maximum atomic E-state index is 5.58. The van der Waals surface area contributed by atoms with Crippen molar-refractivity contribution in [1.82, 2.24) is 15.4 Å². The minimum atomic E-state index is 0.0325. The van der Waals surface area contributed by atoms with Gasteiger partial charge in [0.2, 0.25) is 0 Å². The second-order valence-corrected chi connectivity index (χ2v) is 4.24. The van der Waals surface area contributed by atoms with Gasteiger partial charge in [-0.3, -0.25) is 11.3 Å². The standard InChI is InChI=1S/C14H18N4O/c1-19-12-5-2-11(3-6-12)4-7-14(18-15)13-8-9-16-10-17-13/h2-3,5-6,8-10,14,18H,4,7,15H2,1H3. The molecule has 0 saturated carbocycles. The van der Waals surface area contributed by atoms with Crippen molar-refractivity contribution >= 4 is 0 Å². The van der Waals surface area contributed by atoms with E-state index in [9.17, 15) is 0 Å². The molecule has 1 unspecified atom stereocenters. The Morgan fingerprint density at radius 3 is 2.63 bits per heavy atom. The van der Waals surface area contributed by atoms with Crippen LogP contribution >= 0.6 is 0 Å². The summed E-state index contributed by atoms with van der Waals surface area (Å²) in [5.41, 5.74) is 4.95. The lowest BCUT2D eigenvalue weighted by Crippen LogP contribution is -2.29. The normalized spacial score (nSPS) is 12.1. The lowest BCUT2D eigenvalue weighted by molar-refractivity contribution is 0.414. The molecule has 1 aromatic carbocycles. The van der Waals surface area contributed by atoms with Gasteiger partial charge in [-0.15, -0.1) is 0 Å². The van der Waals surface area contributed by atoms with E-state index in [4.69, 9.17) is 10.6 Å². The van der Waals surface area contributed by atoms with Crippen molar-refractivity contribution in [2.45, 2.75) is 18.9 Å². The van der Waals surface area contributed by atoms with Gasteiger partial charge in [0.15, 0.2) is 0 Å². The summed E-state index contributed by atoms with van der Waals surface area (Å²) in [6.07, 6.45) is 5.05. The van der Waals surface area contributed by atoms with Gasteiger partial charge in [0.25, 0.3) is 0 Å². The zero-order valence-corrected chi connectivity index (χ0v) is 10.9.